The number of imide groups is 1. The number of morpholine rings is 1. The second-order valence-corrected chi connectivity index (χ2v) is 9.77. The molecule has 10 nitrogen and oxygen atoms in total. The van der Waals surface area contributed by atoms with Gasteiger partial charge in [0.05, 0.1) is 26.4 Å². The van der Waals surface area contributed by atoms with E-state index in [0.717, 1.165) is 49.7 Å². The summed E-state index contributed by atoms with van der Waals surface area (Å²) in [7, 11) is 1.68. The van der Waals surface area contributed by atoms with Crippen LogP contribution in [0.2, 0.25) is 0 Å². The largest absolute Gasteiger partial charge is 0.488 e. The fourth-order valence-electron chi connectivity index (χ4n) is 5.17. The number of hydrogen-bond donors (Lipinski definition) is 2. The first-order valence-corrected chi connectivity index (χ1v) is 13.1. The molecular weight excluding hydrogens is 488 g/mol. The van der Waals surface area contributed by atoms with Crippen LogP contribution in [0.25, 0.3) is 0 Å². The van der Waals surface area contributed by atoms with Crippen molar-refractivity contribution in [1.82, 2.24) is 15.1 Å². The molecule has 1 atom stereocenters. The lowest BCUT2D eigenvalue weighted by Crippen LogP contribution is -2.52. The Morgan fingerprint density at radius 2 is 1.97 bits per heavy atom. The molecule has 202 valence electrons. The molecule has 3 aliphatic heterocycles. The summed E-state index contributed by atoms with van der Waals surface area (Å²) in [6.45, 7) is 6.05. The van der Waals surface area contributed by atoms with Crippen LogP contribution in [0.3, 0.4) is 0 Å². The number of piperidine rings is 1. The van der Waals surface area contributed by atoms with Gasteiger partial charge in [0.25, 0.3) is 5.91 Å². The van der Waals surface area contributed by atoms with Gasteiger partial charge in [-0.3, -0.25) is 24.6 Å². The number of rotatable bonds is 10. The Labute approximate surface area is 222 Å². The number of nitrogens with zero attached hydrogens (tertiary/aromatic N) is 2. The number of ether oxygens (including phenoxy) is 3. The van der Waals surface area contributed by atoms with E-state index >= 15 is 0 Å². The molecule has 10 heteroatoms. The predicted molar refractivity (Wildman–Crippen MR) is 140 cm³/mol. The first-order valence-electron chi connectivity index (χ1n) is 13.1. The number of anilines is 1. The van der Waals surface area contributed by atoms with Crippen molar-refractivity contribution in [2.75, 3.05) is 51.9 Å². The quantitative estimate of drug-likeness (QED) is 0.360. The third-order valence-corrected chi connectivity index (χ3v) is 7.23. The number of amides is 3. The van der Waals surface area contributed by atoms with Crippen LogP contribution in [0.1, 0.15) is 39.9 Å². The molecule has 3 aliphatic rings. The van der Waals surface area contributed by atoms with Gasteiger partial charge in [-0.1, -0.05) is 18.2 Å². The van der Waals surface area contributed by atoms with Gasteiger partial charge in [-0.2, -0.15) is 0 Å². The maximum atomic E-state index is 13.1. The van der Waals surface area contributed by atoms with Gasteiger partial charge in [-0.15, -0.1) is 0 Å². The molecule has 2 N–H and O–H groups in total. The zero-order chi connectivity index (χ0) is 26.5. The molecule has 38 heavy (non-hydrogen) atoms. The highest BCUT2D eigenvalue weighted by atomic mass is 16.5. The summed E-state index contributed by atoms with van der Waals surface area (Å²) < 4.78 is 17.0. The number of carbonyl (C=O) groups is 3. The molecular formula is C28H34N4O6. The number of benzene rings is 2. The summed E-state index contributed by atoms with van der Waals surface area (Å²) in [5.74, 6) is -0.320. The van der Waals surface area contributed by atoms with Crippen molar-refractivity contribution in [1.29, 1.82) is 0 Å². The second-order valence-electron chi connectivity index (χ2n) is 9.77. The Morgan fingerprint density at radius 1 is 1.13 bits per heavy atom. The smallest absolute Gasteiger partial charge is 0.255 e. The Balaban J connectivity index is 1.30. The molecule has 0 spiro atoms. The van der Waals surface area contributed by atoms with Crippen LogP contribution in [0.5, 0.6) is 5.75 Å². The molecule has 0 saturated carbocycles. The van der Waals surface area contributed by atoms with E-state index in [4.69, 9.17) is 14.2 Å². The molecule has 2 aromatic carbocycles. The highest BCUT2D eigenvalue weighted by Gasteiger charge is 2.40. The van der Waals surface area contributed by atoms with E-state index in [1.165, 1.54) is 10.5 Å². The van der Waals surface area contributed by atoms with Crippen molar-refractivity contribution in [3.63, 3.8) is 0 Å². The third-order valence-electron chi connectivity index (χ3n) is 7.23. The van der Waals surface area contributed by atoms with E-state index in [1.54, 1.807) is 19.2 Å². The summed E-state index contributed by atoms with van der Waals surface area (Å²) in [5.41, 5.74) is 4.49. The number of hydrogen-bond acceptors (Lipinski definition) is 8. The number of carbonyl (C=O) groups excluding carboxylic acids is 3. The molecule has 0 unspecified atom stereocenters. The minimum atomic E-state index is -0.656. The van der Waals surface area contributed by atoms with Crippen molar-refractivity contribution in [2.24, 2.45) is 0 Å². The Bertz CT molecular complexity index is 1200. The summed E-state index contributed by atoms with van der Waals surface area (Å²) in [5, 5.41) is 5.81. The van der Waals surface area contributed by atoms with Crippen LogP contribution in [0.4, 0.5) is 5.69 Å². The molecule has 2 saturated heterocycles. The Morgan fingerprint density at radius 3 is 2.76 bits per heavy atom. The van der Waals surface area contributed by atoms with Gasteiger partial charge >= 0.3 is 0 Å². The average Bonchev–Trinajstić information content (AvgIpc) is 3.25. The van der Waals surface area contributed by atoms with Gasteiger partial charge in [0.2, 0.25) is 11.8 Å². The molecule has 3 heterocycles. The highest BCUT2D eigenvalue weighted by molar-refractivity contribution is 6.05. The zero-order valence-corrected chi connectivity index (χ0v) is 21.7. The van der Waals surface area contributed by atoms with Gasteiger partial charge in [0.15, 0.2) is 0 Å². The first-order chi connectivity index (χ1) is 18.5. The van der Waals surface area contributed by atoms with Gasteiger partial charge < -0.3 is 24.4 Å². The maximum Gasteiger partial charge on any atom is 0.255 e. The first kappa shape index (κ1) is 26.1. The van der Waals surface area contributed by atoms with Gasteiger partial charge in [-0.25, -0.2) is 0 Å². The normalized spacial score (nSPS) is 19.9. The molecule has 0 aliphatic carbocycles. The lowest BCUT2D eigenvalue weighted by molar-refractivity contribution is -0.136. The van der Waals surface area contributed by atoms with Crippen LogP contribution in [-0.4, -0.2) is 80.1 Å². The van der Waals surface area contributed by atoms with E-state index in [1.807, 2.05) is 6.07 Å². The van der Waals surface area contributed by atoms with Crippen LogP contribution in [0.15, 0.2) is 36.4 Å². The van der Waals surface area contributed by atoms with Crippen molar-refractivity contribution in [2.45, 2.75) is 38.6 Å². The van der Waals surface area contributed by atoms with E-state index in [0.29, 0.717) is 37.5 Å². The third kappa shape index (κ3) is 5.82. The minimum Gasteiger partial charge on any atom is -0.488 e. The summed E-state index contributed by atoms with van der Waals surface area (Å²) in [4.78, 5) is 41.0. The SMILES string of the molecule is COCCNc1cc(CN2CCOCC2)ccc1COc1cccc2c1CN([C@H]1CCC(=O)NC1=O)C2=O. The fourth-order valence-corrected chi connectivity index (χ4v) is 5.17. The Kier molecular flexibility index (Phi) is 8.21. The standard InChI is InChI=1S/C28H34N4O6/c1-36-12-9-29-23-15-19(16-31-10-13-37-14-11-31)5-6-20(23)18-38-25-4-2-3-21-22(25)17-32(28(21)35)24-7-8-26(33)30-27(24)34/h2-6,15,24,29H,7-14,16-18H2,1H3,(H,30,33,34)/t24-/m0/s1. The van der Waals surface area contributed by atoms with E-state index in [-0.39, 0.29) is 24.8 Å². The molecule has 2 fully saturated rings. The molecule has 0 bridgehead atoms. The predicted octanol–water partition coefficient (Wildman–Crippen LogP) is 1.92. The number of methoxy groups -OCH3 is 1. The van der Waals surface area contributed by atoms with Crippen molar-refractivity contribution < 1.29 is 28.6 Å². The van der Waals surface area contributed by atoms with Crippen LogP contribution < -0.4 is 15.4 Å². The number of nitrogens with one attached hydrogen (secondary N) is 2. The van der Waals surface area contributed by atoms with E-state index in [2.05, 4.69) is 33.7 Å². The maximum absolute atomic E-state index is 13.1. The lowest BCUT2D eigenvalue weighted by atomic mass is 10.0. The highest BCUT2D eigenvalue weighted by Crippen LogP contribution is 2.34. The molecule has 5 rings (SSSR count). The molecule has 2 aromatic rings. The molecule has 0 radical (unpaired) electrons. The summed E-state index contributed by atoms with van der Waals surface area (Å²) in [6.07, 6.45) is 0.550. The monoisotopic (exact) mass is 522 g/mol. The van der Waals surface area contributed by atoms with Gasteiger partial charge in [0, 0.05) is 62.1 Å². The lowest BCUT2D eigenvalue weighted by Gasteiger charge is -2.29. The minimum absolute atomic E-state index is 0.214. The van der Waals surface area contributed by atoms with Crippen LogP contribution in [0, 0.1) is 0 Å². The summed E-state index contributed by atoms with van der Waals surface area (Å²) >= 11 is 0. The molecule has 0 aromatic heterocycles. The van der Waals surface area contributed by atoms with E-state index < -0.39 is 11.9 Å². The van der Waals surface area contributed by atoms with Gasteiger partial charge in [0.1, 0.15) is 18.4 Å². The average molecular weight is 523 g/mol. The van der Waals surface area contributed by atoms with Gasteiger partial charge in [-0.05, 0) is 30.2 Å². The van der Waals surface area contributed by atoms with E-state index in [9.17, 15) is 14.4 Å². The van der Waals surface area contributed by atoms with Crippen LogP contribution >= 0.6 is 0 Å². The second kappa shape index (κ2) is 11.9. The Hall–Kier alpha value is -3.47. The number of fused-ring (bicyclic) bond motifs is 1. The van der Waals surface area contributed by atoms with Crippen molar-refractivity contribution >= 4 is 23.4 Å². The fraction of sp³-hybridized carbons (Fsp3) is 0.464. The van der Waals surface area contributed by atoms with Crippen molar-refractivity contribution in [3.8, 4) is 5.75 Å². The topological polar surface area (TPSA) is 109 Å². The van der Waals surface area contributed by atoms with Crippen LogP contribution in [-0.2, 0) is 38.8 Å². The zero-order valence-electron chi connectivity index (χ0n) is 21.7. The summed E-state index contributed by atoms with van der Waals surface area (Å²) in [6, 6.07) is 11.1. The molecule has 3 amide bonds. The van der Waals surface area contributed by atoms with Crippen molar-refractivity contribution in [3.05, 3.63) is 58.7 Å².